The van der Waals surface area contributed by atoms with E-state index < -0.39 is 0 Å². The van der Waals surface area contributed by atoms with Crippen molar-refractivity contribution >= 4 is 23.6 Å². The number of benzene rings is 2. The fraction of sp³-hybridized carbons (Fsp3) is 0.167. The average Bonchev–Trinajstić information content (AvgIpc) is 2.53. The molecule has 2 aromatic rings. The Morgan fingerprint density at radius 2 is 1.90 bits per heavy atom. The molecule has 0 atom stereocenters. The summed E-state index contributed by atoms with van der Waals surface area (Å²) in [4.78, 5) is 13.3. The average molecular weight is 282 g/mol. The molecule has 0 N–H and O–H groups in total. The molecule has 0 aliphatic heterocycles. The second-order valence-electron chi connectivity index (χ2n) is 4.49. The van der Waals surface area contributed by atoms with Gasteiger partial charge in [0.2, 0.25) is 0 Å². The SMILES string of the molecule is CCc1cc(C=CC(=O)c2ccccc2)ccc1SC. The standard InChI is InChI=1S/C18H18OS/c1-3-15-13-14(10-12-18(15)20-2)9-11-17(19)16-7-5-4-6-8-16/h4-13H,3H2,1-2H3. The van der Waals surface area contributed by atoms with Gasteiger partial charge in [0.15, 0.2) is 5.78 Å². The number of aryl methyl sites for hydroxylation is 1. The summed E-state index contributed by atoms with van der Waals surface area (Å²) in [7, 11) is 0. The molecule has 0 saturated carbocycles. The maximum Gasteiger partial charge on any atom is 0.185 e. The third-order valence-electron chi connectivity index (χ3n) is 3.17. The lowest BCUT2D eigenvalue weighted by Crippen LogP contribution is -1.93. The van der Waals surface area contributed by atoms with Gasteiger partial charge in [0.25, 0.3) is 0 Å². The summed E-state index contributed by atoms with van der Waals surface area (Å²) < 4.78 is 0. The molecule has 0 amide bonds. The van der Waals surface area contributed by atoms with Gasteiger partial charge in [-0.3, -0.25) is 4.79 Å². The number of carbonyl (C=O) groups excluding carboxylic acids is 1. The van der Waals surface area contributed by atoms with Gasteiger partial charge in [-0.25, -0.2) is 0 Å². The number of carbonyl (C=O) groups is 1. The minimum absolute atomic E-state index is 0.0394. The topological polar surface area (TPSA) is 17.1 Å². The fourth-order valence-corrected chi connectivity index (χ4v) is 2.72. The zero-order chi connectivity index (χ0) is 14.4. The first-order valence-corrected chi connectivity index (χ1v) is 7.91. The van der Waals surface area contributed by atoms with Gasteiger partial charge in [0.1, 0.15) is 0 Å². The van der Waals surface area contributed by atoms with Gasteiger partial charge in [0, 0.05) is 10.5 Å². The molecular weight excluding hydrogens is 264 g/mol. The van der Waals surface area contributed by atoms with Gasteiger partial charge < -0.3 is 0 Å². The lowest BCUT2D eigenvalue weighted by atomic mass is 10.1. The molecule has 0 fully saturated rings. The molecule has 0 aromatic heterocycles. The monoisotopic (exact) mass is 282 g/mol. The molecule has 1 nitrogen and oxygen atoms in total. The third kappa shape index (κ3) is 3.61. The molecular formula is C18H18OS. The Hall–Kier alpha value is -1.80. The molecule has 0 saturated heterocycles. The first-order valence-electron chi connectivity index (χ1n) is 6.69. The van der Waals surface area contributed by atoms with Crippen LogP contribution in [0.2, 0.25) is 0 Å². The number of ketones is 1. The Morgan fingerprint density at radius 3 is 2.55 bits per heavy atom. The van der Waals surface area contributed by atoms with Crippen molar-refractivity contribution in [2.75, 3.05) is 6.26 Å². The van der Waals surface area contributed by atoms with Crippen molar-refractivity contribution in [1.29, 1.82) is 0 Å². The quantitative estimate of drug-likeness (QED) is 0.442. The summed E-state index contributed by atoms with van der Waals surface area (Å²) in [6.07, 6.45) is 6.62. The summed E-state index contributed by atoms with van der Waals surface area (Å²) in [5.41, 5.74) is 3.12. The Labute approximate surface area is 124 Å². The summed E-state index contributed by atoms with van der Waals surface area (Å²) in [5.74, 6) is 0.0394. The van der Waals surface area contributed by atoms with E-state index in [9.17, 15) is 4.79 Å². The molecule has 2 rings (SSSR count). The van der Waals surface area contributed by atoms with Gasteiger partial charge in [-0.2, -0.15) is 0 Å². The second kappa shape index (κ2) is 7.11. The van der Waals surface area contributed by atoms with Crippen LogP contribution in [-0.2, 0) is 6.42 Å². The van der Waals surface area contributed by atoms with E-state index in [1.54, 1.807) is 17.8 Å². The lowest BCUT2D eigenvalue weighted by Gasteiger charge is -2.05. The van der Waals surface area contributed by atoms with Crippen molar-refractivity contribution < 1.29 is 4.79 Å². The van der Waals surface area contributed by atoms with Crippen LogP contribution in [0, 0.1) is 0 Å². The van der Waals surface area contributed by atoms with E-state index in [4.69, 9.17) is 0 Å². The molecule has 0 radical (unpaired) electrons. The molecule has 0 aliphatic carbocycles. The number of hydrogen-bond donors (Lipinski definition) is 0. The number of hydrogen-bond acceptors (Lipinski definition) is 2. The summed E-state index contributed by atoms with van der Waals surface area (Å²) >= 11 is 1.76. The molecule has 2 heteroatoms. The van der Waals surface area contributed by atoms with E-state index in [1.165, 1.54) is 10.5 Å². The smallest absolute Gasteiger partial charge is 0.185 e. The lowest BCUT2D eigenvalue weighted by molar-refractivity contribution is 0.104. The number of rotatable bonds is 5. The molecule has 2 aromatic carbocycles. The van der Waals surface area contributed by atoms with E-state index in [1.807, 2.05) is 36.4 Å². The highest BCUT2D eigenvalue weighted by Gasteiger charge is 2.02. The van der Waals surface area contributed by atoms with Crippen molar-refractivity contribution in [1.82, 2.24) is 0 Å². The van der Waals surface area contributed by atoms with Gasteiger partial charge in [-0.1, -0.05) is 55.5 Å². The van der Waals surface area contributed by atoms with Gasteiger partial charge >= 0.3 is 0 Å². The van der Waals surface area contributed by atoms with Crippen molar-refractivity contribution in [3.05, 3.63) is 71.3 Å². The van der Waals surface area contributed by atoms with Crippen LogP contribution in [0.1, 0.15) is 28.4 Å². The van der Waals surface area contributed by atoms with Crippen LogP contribution >= 0.6 is 11.8 Å². The number of thioether (sulfide) groups is 1. The molecule has 20 heavy (non-hydrogen) atoms. The van der Waals surface area contributed by atoms with Crippen molar-refractivity contribution in [2.45, 2.75) is 18.2 Å². The Balaban J connectivity index is 2.17. The van der Waals surface area contributed by atoms with E-state index >= 15 is 0 Å². The van der Waals surface area contributed by atoms with Crippen LogP contribution in [-0.4, -0.2) is 12.0 Å². The largest absolute Gasteiger partial charge is 0.289 e. The van der Waals surface area contributed by atoms with Crippen molar-refractivity contribution in [3.63, 3.8) is 0 Å². The first kappa shape index (κ1) is 14.6. The van der Waals surface area contributed by atoms with Crippen molar-refractivity contribution in [3.8, 4) is 0 Å². The van der Waals surface area contributed by atoms with E-state index in [0.717, 1.165) is 17.5 Å². The number of allylic oxidation sites excluding steroid dienone is 1. The minimum Gasteiger partial charge on any atom is -0.289 e. The molecule has 102 valence electrons. The van der Waals surface area contributed by atoms with Crippen LogP contribution in [0.4, 0.5) is 0 Å². The molecule has 0 bridgehead atoms. The van der Waals surface area contributed by atoms with E-state index in [2.05, 4.69) is 31.4 Å². The molecule has 0 unspecified atom stereocenters. The predicted octanol–water partition coefficient (Wildman–Crippen LogP) is 4.87. The van der Waals surface area contributed by atoms with Crippen LogP contribution in [0.25, 0.3) is 6.08 Å². The van der Waals surface area contributed by atoms with Crippen LogP contribution in [0.5, 0.6) is 0 Å². The Bertz CT molecular complexity index is 615. The minimum atomic E-state index is 0.0394. The highest BCUT2D eigenvalue weighted by atomic mass is 32.2. The van der Waals surface area contributed by atoms with E-state index in [0.29, 0.717) is 0 Å². The van der Waals surface area contributed by atoms with Crippen LogP contribution in [0.3, 0.4) is 0 Å². The highest BCUT2D eigenvalue weighted by molar-refractivity contribution is 7.98. The van der Waals surface area contributed by atoms with Crippen LogP contribution < -0.4 is 0 Å². The van der Waals surface area contributed by atoms with E-state index in [-0.39, 0.29) is 5.78 Å². The zero-order valence-corrected chi connectivity index (χ0v) is 12.6. The van der Waals surface area contributed by atoms with Crippen molar-refractivity contribution in [2.24, 2.45) is 0 Å². The Kier molecular flexibility index (Phi) is 5.19. The summed E-state index contributed by atoms with van der Waals surface area (Å²) in [6.45, 7) is 2.15. The molecule has 0 heterocycles. The molecule has 0 aliphatic rings. The normalized spacial score (nSPS) is 10.9. The van der Waals surface area contributed by atoms with Gasteiger partial charge in [-0.15, -0.1) is 11.8 Å². The fourth-order valence-electron chi connectivity index (χ4n) is 2.05. The third-order valence-corrected chi connectivity index (χ3v) is 4.01. The second-order valence-corrected chi connectivity index (χ2v) is 5.34. The maximum atomic E-state index is 12.0. The Morgan fingerprint density at radius 1 is 1.15 bits per heavy atom. The first-order chi connectivity index (χ1) is 9.74. The van der Waals surface area contributed by atoms with Gasteiger partial charge in [-0.05, 0) is 35.9 Å². The zero-order valence-electron chi connectivity index (χ0n) is 11.8. The summed E-state index contributed by atoms with van der Waals surface area (Å²) in [5, 5.41) is 0. The molecule has 0 spiro atoms. The summed E-state index contributed by atoms with van der Waals surface area (Å²) in [6, 6.07) is 15.7. The van der Waals surface area contributed by atoms with Gasteiger partial charge in [0.05, 0.1) is 0 Å². The van der Waals surface area contributed by atoms with Crippen LogP contribution in [0.15, 0.2) is 59.5 Å². The predicted molar refractivity (Wildman–Crippen MR) is 87.4 cm³/mol. The maximum absolute atomic E-state index is 12.0. The highest BCUT2D eigenvalue weighted by Crippen LogP contribution is 2.22.